The molecule has 6 nitrogen and oxygen atoms in total. The number of nitrogens with zero attached hydrogens (tertiary/aromatic N) is 2. The average Bonchev–Trinajstić information content (AvgIpc) is 3.52. The summed E-state index contributed by atoms with van der Waals surface area (Å²) in [7, 11) is 1.57. The molecule has 150 valence electrons. The van der Waals surface area contributed by atoms with Crippen molar-refractivity contribution in [2.24, 2.45) is 0 Å². The molecule has 0 unspecified atom stereocenters. The van der Waals surface area contributed by atoms with Gasteiger partial charge in [-0.25, -0.2) is 0 Å². The Balaban J connectivity index is 1.87. The summed E-state index contributed by atoms with van der Waals surface area (Å²) in [5, 5.41) is 0. The van der Waals surface area contributed by atoms with E-state index in [-0.39, 0.29) is 24.5 Å². The molecular formula is C21H32N2O4. The highest BCUT2D eigenvalue weighted by Gasteiger charge is 2.33. The SMILES string of the molecule is CCCCN(CC)C(=O)CCN(C(=O)COc1ccccc1OC)C1CC1. The summed E-state index contributed by atoms with van der Waals surface area (Å²) in [6.07, 6.45) is 4.45. The fourth-order valence-electron chi connectivity index (χ4n) is 3.04. The van der Waals surface area contributed by atoms with Crippen LogP contribution in [0.25, 0.3) is 0 Å². The first-order valence-electron chi connectivity index (χ1n) is 9.93. The topological polar surface area (TPSA) is 59.1 Å². The minimum Gasteiger partial charge on any atom is -0.493 e. The van der Waals surface area contributed by atoms with Gasteiger partial charge in [0.2, 0.25) is 5.91 Å². The molecule has 1 aliphatic carbocycles. The summed E-state index contributed by atoms with van der Waals surface area (Å²) in [6, 6.07) is 7.52. The van der Waals surface area contributed by atoms with Crippen molar-refractivity contribution in [3.63, 3.8) is 0 Å². The van der Waals surface area contributed by atoms with Crippen LogP contribution in [0.4, 0.5) is 0 Å². The van der Waals surface area contributed by atoms with Crippen LogP contribution in [0.1, 0.15) is 46.0 Å². The minimum atomic E-state index is -0.0761. The number of rotatable bonds is 12. The number of methoxy groups -OCH3 is 1. The minimum absolute atomic E-state index is 0.0433. The summed E-state index contributed by atoms with van der Waals surface area (Å²) >= 11 is 0. The van der Waals surface area contributed by atoms with Gasteiger partial charge in [0.15, 0.2) is 18.1 Å². The van der Waals surface area contributed by atoms with E-state index >= 15 is 0 Å². The van der Waals surface area contributed by atoms with Crippen LogP contribution < -0.4 is 9.47 Å². The molecule has 1 saturated carbocycles. The van der Waals surface area contributed by atoms with E-state index in [1.807, 2.05) is 24.0 Å². The van der Waals surface area contributed by atoms with Crippen LogP contribution in [-0.2, 0) is 9.59 Å². The maximum absolute atomic E-state index is 12.7. The van der Waals surface area contributed by atoms with Gasteiger partial charge < -0.3 is 19.3 Å². The summed E-state index contributed by atoms with van der Waals surface area (Å²) < 4.78 is 10.9. The van der Waals surface area contributed by atoms with Gasteiger partial charge in [0.1, 0.15) is 0 Å². The molecule has 0 atom stereocenters. The maximum atomic E-state index is 12.7. The molecule has 1 fully saturated rings. The van der Waals surface area contributed by atoms with E-state index in [1.165, 1.54) is 0 Å². The van der Waals surface area contributed by atoms with Crippen molar-refractivity contribution in [3.05, 3.63) is 24.3 Å². The molecule has 1 aliphatic rings. The number of unbranched alkanes of at least 4 members (excludes halogenated alkanes) is 1. The smallest absolute Gasteiger partial charge is 0.260 e. The Labute approximate surface area is 162 Å². The summed E-state index contributed by atoms with van der Waals surface area (Å²) in [4.78, 5) is 28.8. The fourth-order valence-corrected chi connectivity index (χ4v) is 3.04. The fraction of sp³-hybridized carbons (Fsp3) is 0.619. The van der Waals surface area contributed by atoms with Crippen LogP contribution in [-0.4, -0.2) is 61.0 Å². The summed E-state index contributed by atoms with van der Waals surface area (Å²) in [5.41, 5.74) is 0. The third-order valence-electron chi connectivity index (χ3n) is 4.81. The van der Waals surface area contributed by atoms with Crippen LogP contribution in [0.15, 0.2) is 24.3 Å². The molecule has 1 aromatic rings. The molecule has 0 bridgehead atoms. The lowest BCUT2D eigenvalue weighted by Crippen LogP contribution is -2.40. The van der Waals surface area contributed by atoms with E-state index in [2.05, 4.69) is 6.92 Å². The van der Waals surface area contributed by atoms with Gasteiger partial charge in [-0.3, -0.25) is 9.59 Å². The van der Waals surface area contributed by atoms with Crippen LogP contribution >= 0.6 is 0 Å². The number of ether oxygens (including phenoxy) is 2. The number of carbonyl (C=O) groups excluding carboxylic acids is 2. The Morgan fingerprint density at radius 1 is 1.07 bits per heavy atom. The molecule has 0 radical (unpaired) electrons. The van der Waals surface area contributed by atoms with Crippen molar-refractivity contribution in [2.45, 2.75) is 52.0 Å². The molecule has 2 amide bonds. The number of amides is 2. The van der Waals surface area contributed by atoms with Crippen LogP contribution in [0.3, 0.4) is 0 Å². The molecule has 2 rings (SSSR count). The van der Waals surface area contributed by atoms with Gasteiger partial charge in [-0.1, -0.05) is 25.5 Å². The Morgan fingerprint density at radius 2 is 1.78 bits per heavy atom. The van der Waals surface area contributed by atoms with E-state index in [4.69, 9.17) is 9.47 Å². The molecule has 0 heterocycles. The van der Waals surface area contributed by atoms with Crippen molar-refractivity contribution >= 4 is 11.8 Å². The molecule has 27 heavy (non-hydrogen) atoms. The predicted octanol–water partition coefficient (Wildman–Crippen LogP) is 3.10. The summed E-state index contributed by atoms with van der Waals surface area (Å²) in [5.74, 6) is 1.20. The molecule has 0 saturated heterocycles. The molecule has 0 spiro atoms. The Kier molecular flexibility index (Phi) is 8.43. The molecule has 6 heteroatoms. The van der Waals surface area contributed by atoms with Gasteiger partial charge in [-0.15, -0.1) is 0 Å². The second-order valence-corrected chi connectivity index (χ2v) is 6.83. The average molecular weight is 376 g/mol. The molecule has 0 aromatic heterocycles. The number of hydrogen-bond acceptors (Lipinski definition) is 4. The van der Waals surface area contributed by atoms with E-state index in [1.54, 1.807) is 24.1 Å². The lowest BCUT2D eigenvalue weighted by molar-refractivity contribution is -0.136. The zero-order valence-electron chi connectivity index (χ0n) is 16.8. The Hall–Kier alpha value is -2.24. The largest absolute Gasteiger partial charge is 0.493 e. The second-order valence-electron chi connectivity index (χ2n) is 6.83. The second kappa shape index (κ2) is 10.8. The van der Waals surface area contributed by atoms with E-state index < -0.39 is 0 Å². The van der Waals surface area contributed by atoms with Gasteiger partial charge in [-0.2, -0.15) is 0 Å². The monoisotopic (exact) mass is 376 g/mol. The van der Waals surface area contributed by atoms with Crippen LogP contribution in [0.2, 0.25) is 0 Å². The van der Waals surface area contributed by atoms with Gasteiger partial charge in [0.25, 0.3) is 5.91 Å². The van der Waals surface area contributed by atoms with E-state index in [9.17, 15) is 9.59 Å². The number of carbonyl (C=O) groups is 2. The van der Waals surface area contributed by atoms with Crippen molar-refractivity contribution in [3.8, 4) is 11.5 Å². The molecule has 0 aliphatic heterocycles. The number of benzene rings is 1. The quantitative estimate of drug-likeness (QED) is 0.562. The van der Waals surface area contributed by atoms with Gasteiger partial charge in [0.05, 0.1) is 7.11 Å². The molecule has 1 aromatic carbocycles. The normalized spacial score (nSPS) is 13.1. The van der Waals surface area contributed by atoms with Crippen LogP contribution in [0, 0.1) is 0 Å². The number of para-hydroxylation sites is 2. The Bertz CT molecular complexity index is 616. The first kappa shape index (κ1) is 21.1. The zero-order chi connectivity index (χ0) is 19.6. The molecule has 0 N–H and O–H groups in total. The summed E-state index contributed by atoms with van der Waals surface area (Å²) in [6.45, 7) is 6.04. The van der Waals surface area contributed by atoms with Crippen LogP contribution in [0.5, 0.6) is 11.5 Å². The highest BCUT2D eigenvalue weighted by molar-refractivity contribution is 5.80. The standard InChI is InChI=1S/C21H32N2O4/c1-4-6-14-22(5-2)20(24)13-15-23(17-11-12-17)21(25)16-27-19-10-8-7-9-18(19)26-3/h7-10,17H,4-6,11-16H2,1-3H3. The van der Waals surface area contributed by atoms with Crippen molar-refractivity contribution < 1.29 is 19.1 Å². The molecular weight excluding hydrogens is 344 g/mol. The van der Waals surface area contributed by atoms with Gasteiger partial charge in [0, 0.05) is 32.1 Å². The zero-order valence-corrected chi connectivity index (χ0v) is 16.8. The first-order valence-corrected chi connectivity index (χ1v) is 9.93. The van der Waals surface area contributed by atoms with Crippen molar-refractivity contribution in [1.29, 1.82) is 0 Å². The number of hydrogen-bond donors (Lipinski definition) is 0. The third kappa shape index (κ3) is 6.45. The van der Waals surface area contributed by atoms with Crippen molar-refractivity contribution in [1.82, 2.24) is 9.80 Å². The lowest BCUT2D eigenvalue weighted by atomic mass is 10.2. The van der Waals surface area contributed by atoms with Gasteiger partial charge >= 0.3 is 0 Å². The van der Waals surface area contributed by atoms with Gasteiger partial charge in [-0.05, 0) is 38.3 Å². The highest BCUT2D eigenvalue weighted by atomic mass is 16.5. The third-order valence-corrected chi connectivity index (χ3v) is 4.81. The van der Waals surface area contributed by atoms with E-state index in [0.717, 1.165) is 32.2 Å². The lowest BCUT2D eigenvalue weighted by Gasteiger charge is -2.25. The highest BCUT2D eigenvalue weighted by Crippen LogP contribution is 2.28. The predicted molar refractivity (Wildman–Crippen MR) is 105 cm³/mol. The maximum Gasteiger partial charge on any atom is 0.260 e. The van der Waals surface area contributed by atoms with Crippen molar-refractivity contribution in [2.75, 3.05) is 33.4 Å². The first-order chi connectivity index (χ1) is 13.1. The Morgan fingerprint density at radius 3 is 2.37 bits per heavy atom. The van der Waals surface area contributed by atoms with E-state index in [0.29, 0.717) is 31.0 Å².